The fraction of sp³-hybridized carbons (Fsp3) is 0.222. The zero-order valence-electron chi connectivity index (χ0n) is 13.4. The minimum Gasteiger partial charge on any atom is -0.497 e. The number of hydrogen-bond donors (Lipinski definition) is 0. The van der Waals surface area contributed by atoms with E-state index in [1.165, 1.54) is 12.0 Å². The average molecular weight is 327 g/mol. The molecule has 0 spiro atoms. The summed E-state index contributed by atoms with van der Waals surface area (Å²) in [5.41, 5.74) is 1.08. The van der Waals surface area contributed by atoms with Crippen LogP contribution in [0.25, 0.3) is 0 Å². The number of carbonyl (C=O) groups is 2. The molecule has 0 N–H and O–H groups in total. The van der Waals surface area contributed by atoms with Crippen LogP contribution in [0.15, 0.2) is 48.5 Å². The van der Waals surface area contributed by atoms with Crippen LogP contribution >= 0.6 is 0 Å². The van der Waals surface area contributed by atoms with E-state index < -0.39 is 12.1 Å². The van der Waals surface area contributed by atoms with Crippen molar-refractivity contribution in [2.75, 3.05) is 25.7 Å². The van der Waals surface area contributed by atoms with Gasteiger partial charge in [0.05, 0.1) is 26.5 Å². The normalized spacial score (nSPS) is 15.9. The smallest absolute Gasteiger partial charge is 0.348 e. The van der Waals surface area contributed by atoms with Gasteiger partial charge in [-0.2, -0.15) is 0 Å². The van der Waals surface area contributed by atoms with E-state index in [-0.39, 0.29) is 12.5 Å². The second-order valence-electron chi connectivity index (χ2n) is 5.25. The van der Waals surface area contributed by atoms with E-state index >= 15 is 0 Å². The van der Waals surface area contributed by atoms with Crippen LogP contribution in [0.5, 0.6) is 11.5 Å². The number of hydrogen-bond acceptors (Lipinski definition) is 5. The Bertz CT molecular complexity index is 774. The second-order valence-corrected chi connectivity index (χ2v) is 5.25. The summed E-state index contributed by atoms with van der Waals surface area (Å²) in [6.45, 7) is 0.0831. The molecule has 6 nitrogen and oxygen atoms in total. The van der Waals surface area contributed by atoms with Gasteiger partial charge >= 0.3 is 5.97 Å². The molecule has 24 heavy (non-hydrogen) atoms. The van der Waals surface area contributed by atoms with Crippen molar-refractivity contribution in [3.05, 3.63) is 54.1 Å². The van der Waals surface area contributed by atoms with E-state index in [9.17, 15) is 9.59 Å². The molecule has 1 heterocycles. The summed E-state index contributed by atoms with van der Waals surface area (Å²) in [7, 11) is 2.83. The summed E-state index contributed by atoms with van der Waals surface area (Å²) >= 11 is 0. The van der Waals surface area contributed by atoms with Gasteiger partial charge in [0.15, 0.2) is 0 Å². The maximum atomic E-state index is 12.9. The first-order chi connectivity index (χ1) is 11.6. The van der Waals surface area contributed by atoms with E-state index in [1.807, 2.05) is 6.07 Å². The number of para-hydroxylation sites is 2. The molecule has 1 aliphatic rings. The molecule has 1 amide bonds. The van der Waals surface area contributed by atoms with Crippen LogP contribution < -0.4 is 14.4 Å². The third-order valence-corrected chi connectivity index (χ3v) is 3.80. The van der Waals surface area contributed by atoms with Crippen LogP contribution in [0.2, 0.25) is 0 Å². The Kier molecular flexibility index (Phi) is 4.37. The van der Waals surface area contributed by atoms with Crippen molar-refractivity contribution in [1.82, 2.24) is 0 Å². The molecular weight excluding hydrogens is 310 g/mol. The number of anilines is 1. The zero-order chi connectivity index (χ0) is 17.1. The van der Waals surface area contributed by atoms with Crippen LogP contribution in [0.3, 0.4) is 0 Å². The predicted molar refractivity (Wildman–Crippen MR) is 87.5 cm³/mol. The fourth-order valence-corrected chi connectivity index (χ4v) is 2.59. The number of nitrogens with zero attached hydrogens (tertiary/aromatic N) is 1. The summed E-state index contributed by atoms with van der Waals surface area (Å²) in [6, 6.07) is 14.0. The molecule has 2 aromatic rings. The second kappa shape index (κ2) is 6.62. The van der Waals surface area contributed by atoms with Gasteiger partial charge in [0.1, 0.15) is 11.5 Å². The SMILES string of the molecule is COC(=O)[C@@H]1CN(C(=O)c2cccc(OC)c2)c2ccccc2O1. The molecule has 2 aromatic carbocycles. The molecule has 6 heteroatoms. The van der Waals surface area contributed by atoms with Crippen LogP contribution in [0, 0.1) is 0 Å². The Morgan fingerprint density at radius 3 is 2.67 bits per heavy atom. The lowest BCUT2D eigenvalue weighted by Gasteiger charge is -2.33. The average Bonchev–Trinajstić information content (AvgIpc) is 2.65. The van der Waals surface area contributed by atoms with Crippen molar-refractivity contribution in [3.63, 3.8) is 0 Å². The monoisotopic (exact) mass is 327 g/mol. The predicted octanol–water partition coefficient (Wildman–Crippen LogP) is 2.28. The molecule has 0 bridgehead atoms. The molecule has 0 aromatic heterocycles. The zero-order valence-corrected chi connectivity index (χ0v) is 13.4. The maximum absolute atomic E-state index is 12.9. The minimum atomic E-state index is -0.862. The van der Waals surface area contributed by atoms with Crippen molar-refractivity contribution in [3.8, 4) is 11.5 Å². The van der Waals surface area contributed by atoms with Crippen LogP contribution in [-0.4, -0.2) is 38.7 Å². The summed E-state index contributed by atoms with van der Waals surface area (Å²) in [5.74, 6) is 0.300. The highest BCUT2D eigenvalue weighted by molar-refractivity contribution is 6.08. The molecule has 0 saturated heterocycles. The summed E-state index contributed by atoms with van der Waals surface area (Å²) in [6.07, 6.45) is -0.862. The molecule has 0 radical (unpaired) electrons. The molecule has 124 valence electrons. The Morgan fingerprint density at radius 2 is 1.92 bits per heavy atom. The number of carbonyl (C=O) groups excluding carboxylic acids is 2. The topological polar surface area (TPSA) is 65.1 Å². The number of esters is 1. The van der Waals surface area contributed by atoms with Crippen molar-refractivity contribution < 1.29 is 23.8 Å². The molecule has 1 aliphatic heterocycles. The van der Waals surface area contributed by atoms with Gasteiger partial charge in [0, 0.05) is 5.56 Å². The molecule has 1 atom stereocenters. The third kappa shape index (κ3) is 2.90. The van der Waals surface area contributed by atoms with Gasteiger partial charge in [-0.05, 0) is 30.3 Å². The quantitative estimate of drug-likeness (QED) is 0.809. The summed E-state index contributed by atoms with van der Waals surface area (Å²) < 4.78 is 15.6. The first kappa shape index (κ1) is 15.9. The molecule has 0 aliphatic carbocycles. The molecule has 0 saturated carbocycles. The summed E-state index contributed by atoms with van der Waals surface area (Å²) in [5, 5.41) is 0. The minimum absolute atomic E-state index is 0.0831. The van der Waals surface area contributed by atoms with Gasteiger partial charge in [0.2, 0.25) is 6.10 Å². The largest absolute Gasteiger partial charge is 0.497 e. The van der Waals surface area contributed by atoms with E-state index in [0.29, 0.717) is 22.7 Å². The Labute approximate surface area is 139 Å². The van der Waals surface area contributed by atoms with Crippen LogP contribution in [0.1, 0.15) is 10.4 Å². The lowest BCUT2D eigenvalue weighted by atomic mass is 10.1. The van der Waals surface area contributed by atoms with Crippen molar-refractivity contribution in [1.29, 1.82) is 0 Å². The highest BCUT2D eigenvalue weighted by Gasteiger charge is 2.34. The van der Waals surface area contributed by atoms with E-state index in [2.05, 4.69) is 0 Å². The molecule has 0 fully saturated rings. The first-order valence-electron chi connectivity index (χ1n) is 7.43. The lowest BCUT2D eigenvalue weighted by molar-refractivity contribution is -0.148. The Hall–Kier alpha value is -3.02. The number of amides is 1. The number of ether oxygens (including phenoxy) is 3. The number of benzene rings is 2. The lowest BCUT2D eigenvalue weighted by Crippen LogP contribution is -2.47. The van der Waals surface area contributed by atoms with Gasteiger partial charge in [-0.3, -0.25) is 4.79 Å². The van der Waals surface area contributed by atoms with Crippen LogP contribution in [-0.2, 0) is 9.53 Å². The third-order valence-electron chi connectivity index (χ3n) is 3.80. The highest BCUT2D eigenvalue weighted by Crippen LogP contribution is 2.34. The molecule has 3 rings (SSSR count). The molecule has 0 unspecified atom stereocenters. The van der Waals surface area contributed by atoms with Crippen LogP contribution in [0.4, 0.5) is 5.69 Å². The van der Waals surface area contributed by atoms with E-state index in [1.54, 1.807) is 49.6 Å². The summed E-state index contributed by atoms with van der Waals surface area (Å²) in [4.78, 5) is 26.3. The highest BCUT2D eigenvalue weighted by atomic mass is 16.6. The van der Waals surface area contributed by atoms with Crippen molar-refractivity contribution >= 4 is 17.6 Å². The van der Waals surface area contributed by atoms with Gasteiger partial charge < -0.3 is 19.1 Å². The Balaban J connectivity index is 1.98. The van der Waals surface area contributed by atoms with Gasteiger partial charge in [-0.1, -0.05) is 18.2 Å². The maximum Gasteiger partial charge on any atom is 0.348 e. The number of rotatable bonds is 3. The first-order valence-corrected chi connectivity index (χ1v) is 7.43. The van der Waals surface area contributed by atoms with E-state index in [0.717, 1.165) is 0 Å². The van der Waals surface area contributed by atoms with Gasteiger partial charge in [-0.25, -0.2) is 4.79 Å². The van der Waals surface area contributed by atoms with Crippen molar-refractivity contribution in [2.45, 2.75) is 6.10 Å². The number of fused-ring (bicyclic) bond motifs is 1. The van der Waals surface area contributed by atoms with Gasteiger partial charge in [-0.15, -0.1) is 0 Å². The number of methoxy groups -OCH3 is 2. The Morgan fingerprint density at radius 1 is 1.12 bits per heavy atom. The van der Waals surface area contributed by atoms with Gasteiger partial charge in [0.25, 0.3) is 5.91 Å². The fourth-order valence-electron chi connectivity index (χ4n) is 2.59. The molecular formula is C18H17NO5. The standard InChI is InChI=1S/C18H17NO5/c1-22-13-7-5-6-12(10-13)17(20)19-11-16(18(21)23-2)24-15-9-4-3-8-14(15)19/h3-10,16H,11H2,1-2H3/t16-/m0/s1. The van der Waals surface area contributed by atoms with Crippen molar-refractivity contribution in [2.24, 2.45) is 0 Å². The van der Waals surface area contributed by atoms with E-state index in [4.69, 9.17) is 14.2 Å².